The smallest absolute Gasteiger partial charge is 0.471 e. The number of hydrogen-bond donors (Lipinski definition) is 0. The van der Waals surface area contributed by atoms with Crippen LogP contribution in [0.1, 0.15) is 11.6 Å². The first-order chi connectivity index (χ1) is 9.85. The van der Waals surface area contributed by atoms with Crippen molar-refractivity contribution in [2.24, 2.45) is 0 Å². The lowest BCUT2D eigenvalue weighted by atomic mass is 10.1. The highest BCUT2D eigenvalue weighted by molar-refractivity contribution is 5.82. The second-order valence-corrected chi connectivity index (χ2v) is 4.05. The van der Waals surface area contributed by atoms with Gasteiger partial charge >= 0.3 is 12.1 Å². The quantitative estimate of drug-likeness (QED) is 0.785. The fraction of sp³-hybridized carbons (Fsp3) is 0.286. The fourth-order valence-electron chi connectivity index (χ4n) is 1.72. The summed E-state index contributed by atoms with van der Waals surface area (Å²) in [7, 11) is 1.44. The number of nitrogens with zero attached hydrogens (tertiary/aromatic N) is 2. The van der Waals surface area contributed by atoms with Gasteiger partial charge in [0.1, 0.15) is 11.8 Å². The highest BCUT2D eigenvalue weighted by atomic mass is 19.4. The van der Waals surface area contributed by atoms with Crippen LogP contribution in [0.5, 0.6) is 5.75 Å². The molecule has 0 aromatic heterocycles. The highest BCUT2D eigenvalue weighted by Gasteiger charge is 2.44. The summed E-state index contributed by atoms with van der Waals surface area (Å²) in [5, 5.41) is 9.14. The lowest BCUT2D eigenvalue weighted by Gasteiger charge is -2.27. The molecule has 0 aliphatic carbocycles. The molecule has 0 aliphatic rings. The van der Waals surface area contributed by atoms with Crippen molar-refractivity contribution in [3.8, 4) is 11.8 Å². The molecule has 0 saturated carbocycles. The van der Waals surface area contributed by atoms with E-state index in [2.05, 4.69) is 6.58 Å². The Morgan fingerprint density at radius 3 is 2.43 bits per heavy atom. The lowest BCUT2D eigenvalue weighted by Crippen LogP contribution is -2.43. The molecule has 1 aromatic carbocycles. The Bertz CT molecular complexity index is 547. The molecule has 4 nitrogen and oxygen atoms in total. The molecule has 0 radical (unpaired) electrons. The van der Waals surface area contributed by atoms with Crippen molar-refractivity contribution in [1.29, 1.82) is 5.26 Å². The van der Waals surface area contributed by atoms with Gasteiger partial charge in [0.05, 0.1) is 13.2 Å². The number of rotatable bonds is 5. The van der Waals surface area contributed by atoms with Gasteiger partial charge in [0.2, 0.25) is 0 Å². The Morgan fingerprint density at radius 2 is 2.05 bits per heavy atom. The van der Waals surface area contributed by atoms with E-state index in [9.17, 15) is 18.0 Å². The standard InChI is InChI=1S/C14H13F3N2O2/c1-3-8-19(13(20)14(15,16)17)12(9-18)10-4-6-11(21-2)7-5-10/h3-7,12H,1,8H2,2H3/t12-/m1/s1. The van der Waals surface area contributed by atoms with Crippen molar-refractivity contribution in [1.82, 2.24) is 4.90 Å². The molecule has 1 atom stereocenters. The van der Waals surface area contributed by atoms with Crippen LogP contribution in [0.25, 0.3) is 0 Å². The zero-order chi connectivity index (χ0) is 16.0. The molecular formula is C14H13F3N2O2. The molecule has 0 heterocycles. The molecule has 0 spiro atoms. The minimum Gasteiger partial charge on any atom is -0.497 e. The monoisotopic (exact) mass is 298 g/mol. The van der Waals surface area contributed by atoms with Gasteiger partial charge in [-0.05, 0) is 17.7 Å². The topological polar surface area (TPSA) is 53.3 Å². The maximum atomic E-state index is 12.6. The van der Waals surface area contributed by atoms with Gasteiger partial charge in [0.25, 0.3) is 0 Å². The van der Waals surface area contributed by atoms with Gasteiger partial charge in [-0.25, -0.2) is 0 Å². The molecule has 7 heteroatoms. The van der Waals surface area contributed by atoms with Gasteiger partial charge in [-0.2, -0.15) is 18.4 Å². The summed E-state index contributed by atoms with van der Waals surface area (Å²) in [6.45, 7) is 2.93. The zero-order valence-electron chi connectivity index (χ0n) is 11.2. The Hall–Kier alpha value is -2.49. The van der Waals surface area contributed by atoms with Gasteiger partial charge in [-0.1, -0.05) is 18.2 Å². The third-order valence-corrected chi connectivity index (χ3v) is 2.69. The van der Waals surface area contributed by atoms with Crippen molar-refractivity contribution in [3.05, 3.63) is 42.5 Å². The van der Waals surface area contributed by atoms with Crippen LogP contribution in [0.2, 0.25) is 0 Å². The Kier molecular flexibility index (Phi) is 5.36. The molecule has 1 aromatic rings. The second-order valence-electron chi connectivity index (χ2n) is 4.05. The molecule has 112 valence electrons. The summed E-state index contributed by atoms with van der Waals surface area (Å²) in [6, 6.07) is 6.23. The molecule has 0 saturated heterocycles. The van der Waals surface area contributed by atoms with E-state index >= 15 is 0 Å². The third-order valence-electron chi connectivity index (χ3n) is 2.69. The first-order valence-corrected chi connectivity index (χ1v) is 5.87. The predicted octanol–water partition coefficient (Wildman–Crippen LogP) is 2.84. The van der Waals surface area contributed by atoms with Crippen LogP contribution in [0.15, 0.2) is 36.9 Å². The number of benzene rings is 1. The van der Waals surface area contributed by atoms with Crippen LogP contribution in [0, 0.1) is 11.3 Å². The SMILES string of the molecule is C=CCN(C(=O)C(F)(F)F)[C@H](C#N)c1ccc(OC)cc1. The van der Waals surface area contributed by atoms with E-state index in [1.807, 2.05) is 0 Å². The molecule has 21 heavy (non-hydrogen) atoms. The number of ether oxygens (including phenoxy) is 1. The molecule has 1 rings (SSSR count). The van der Waals surface area contributed by atoms with Crippen LogP contribution >= 0.6 is 0 Å². The van der Waals surface area contributed by atoms with Crippen molar-refractivity contribution in [3.63, 3.8) is 0 Å². The Balaban J connectivity index is 3.15. The maximum Gasteiger partial charge on any atom is 0.471 e. The summed E-state index contributed by atoms with van der Waals surface area (Å²) in [4.78, 5) is 11.9. The summed E-state index contributed by atoms with van der Waals surface area (Å²) in [5.41, 5.74) is 0.262. The van der Waals surface area contributed by atoms with Crippen molar-refractivity contribution < 1.29 is 22.7 Å². The summed E-state index contributed by atoms with van der Waals surface area (Å²) in [6.07, 6.45) is -3.91. The fourth-order valence-corrected chi connectivity index (χ4v) is 1.72. The molecule has 0 bridgehead atoms. The first kappa shape index (κ1) is 16.6. The average molecular weight is 298 g/mol. The van der Waals surface area contributed by atoms with Gasteiger partial charge in [0, 0.05) is 6.54 Å². The Morgan fingerprint density at radius 1 is 1.48 bits per heavy atom. The zero-order valence-corrected chi connectivity index (χ0v) is 11.2. The number of methoxy groups -OCH3 is 1. The van der Waals surface area contributed by atoms with E-state index in [0.29, 0.717) is 10.6 Å². The van der Waals surface area contributed by atoms with E-state index in [4.69, 9.17) is 10.00 Å². The number of amides is 1. The average Bonchev–Trinajstić information content (AvgIpc) is 2.46. The largest absolute Gasteiger partial charge is 0.497 e. The number of carbonyl (C=O) groups is 1. The van der Waals surface area contributed by atoms with Gasteiger partial charge in [-0.3, -0.25) is 4.79 Å². The highest BCUT2D eigenvalue weighted by Crippen LogP contribution is 2.27. The normalized spacial score (nSPS) is 12.1. The van der Waals surface area contributed by atoms with Crippen molar-refractivity contribution in [2.75, 3.05) is 13.7 Å². The molecule has 0 N–H and O–H groups in total. The Labute approximate surface area is 120 Å². The second kappa shape index (κ2) is 6.79. The minimum absolute atomic E-state index is 0.262. The van der Waals surface area contributed by atoms with E-state index in [-0.39, 0.29) is 12.1 Å². The summed E-state index contributed by atoms with van der Waals surface area (Å²) < 4.78 is 42.7. The molecule has 0 unspecified atom stereocenters. The van der Waals surface area contributed by atoms with Crippen LogP contribution in [-0.4, -0.2) is 30.6 Å². The van der Waals surface area contributed by atoms with Gasteiger partial charge in [0.15, 0.2) is 0 Å². The van der Waals surface area contributed by atoms with E-state index in [1.165, 1.54) is 31.4 Å². The van der Waals surface area contributed by atoms with Crippen LogP contribution < -0.4 is 4.74 Å². The number of carbonyl (C=O) groups excluding carboxylic acids is 1. The van der Waals surface area contributed by atoms with Gasteiger partial charge in [-0.15, -0.1) is 6.58 Å². The van der Waals surface area contributed by atoms with Crippen LogP contribution in [0.3, 0.4) is 0 Å². The maximum absolute atomic E-state index is 12.6. The molecular weight excluding hydrogens is 285 g/mol. The van der Waals surface area contributed by atoms with E-state index in [1.54, 1.807) is 6.07 Å². The number of nitriles is 1. The van der Waals surface area contributed by atoms with Gasteiger partial charge < -0.3 is 9.64 Å². The summed E-state index contributed by atoms with van der Waals surface area (Å²) >= 11 is 0. The van der Waals surface area contributed by atoms with Crippen molar-refractivity contribution in [2.45, 2.75) is 12.2 Å². The van der Waals surface area contributed by atoms with E-state index < -0.39 is 18.1 Å². The van der Waals surface area contributed by atoms with Crippen molar-refractivity contribution >= 4 is 5.91 Å². The first-order valence-electron chi connectivity index (χ1n) is 5.87. The van der Waals surface area contributed by atoms with E-state index in [0.717, 1.165) is 6.08 Å². The summed E-state index contributed by atoms with van der Waals surface area (Å²) in [5.74, 6) is -1.59. The minimum atomic E-state index is -5.05. The lowest BCUT2D eigenvalue weighted by molar-refractivity contribution is -0.186. The molecule has 1 amide bonds. The van der Waals surface area contributed by atoms with Crippen LogP contribution in [-0.2, 0) is 4.79 Å². The number of alkyl halides is 3. The van der Waals surface area contributed by atoms with Crippen LogP contribution in [0.4, 0.5) is 13.2 Å². The third kappa shape index (κ3) is 3.99. The number of halogens is 3. The molecule has 0 fully saturated rings. The number of hydrogen-bond acceptors (Lipinski definition) is 3. The predicted molar refractivity (Wildman–Crippen MR) is 69.3 cm³/mol. The molecule has 0 aliphatic heterocycles.